The third kappa shape index (κ3) is 2.74. The molecule has 11 heteroatoms. The average Bonchev–Trinajstić information content (AvgIpc) is 3.04. The third-order valence-electron chi connectivity index (χ3n) is 6.43. The molecule has 3 aliphatic rings. The number of halogens is 4. The highest BCUT2D eigenvalue weighted by atomic mass is 35.5. The van der Waals surface area contributed by atoms with Gasteiger partial charge in [0.05, 0.1) is 11.1 Å². The second-order valence-electron chi connectivity index (χ2n) is 8.09. The van der Waals surface area contributed by atoms with E-state index in [1.807, 2.05) is 0 Å². The molecule has 5 rings (SSSR count). The minimum absolute atomic E-state index is 0.0267. The molecule has 4 heterocycles. The monoisotopic (exact) mass is 446 g/mol. The fraction of sp³-hybridized carbons (Fsp3) is 0.611. The number of anilines is 1. The molecule has 6 nitrogen and oxygen atoms in total. The molecule has 29 heavy (non-hydrogen) atoms. The number of nitrogens with zero attached hydrogens (tertiary/aromatic N) is 4. The summed E-state index contributed by atoms with van der Waals surface area (Å²) in [5, 5.41) is -1.56. The van der Waals surface area contributed by atoms with Crippen molar-refractivity contribution >= 4 is 38.2 Å². The van der Waals surface area contributed by atoms with E-state index in [9.17, 15) is 12.8 Å². The molecule has 156 valence electrons. The van der Waals surface area contributed by atoms with E-state index in [0.29, 0.717) is 12.5 Å². The maximum absolute atomic E-state index is 15.3. The first kappa shape index (κ1) is 19.3. The zero-order chi connectivity index (χ0) is 20.7. The van der Waals surface area contributed by atoms with Crippen LogP contribution in [0.15, 0.2) is 5.16 Å². The van der Waals surface area contributed by atoms with Crippen LogP contribution >= 0.6 is 11.6 Å². The van der Waals surface area contributed by atoms with Crippen molar-refractivity contribution in [3.05, 3.63) is 16.7 Å². The molecule has 0 radical (unpaired) electrons. The zero-order valence-electron chi connectivity index (χ0n) is 15.5. The largest absolute Gasteiger partial charge is 0.352 e. The Hall–Kier alpha value is -1.68. The molecule has 2 fully saturated rings. The topological polar surface area (TPSA) is 76.0 Å². The maximum atomic E-state index is 15.3. The van der Waals surface area contributed by atoms with Crippen molar-refractivity contribution in [2.75, 3.05) is 17.2 Å². The Labute approximate surface area is 170 Å². The van der Waals surface area contributed by atoms with Gasteiger partial charge in [0.1, 0.15) is 17.0 Å². The van der Waals surface area contributed by atoms with Crippen molar-refractivity contribution in [2.24, 2.45) is 11.8 Å². The molecule has 0 unspecified atom stereocenters. The summed E-state index contributed by atoms with van der Waals surface area (Å²) < 4.78 is 70.3. The number of alkyl halides is 2. The third-order valence-corrected chi connectivity index (χ3v) is 8.18. The molecule has 0 N–H and O–H groups in total. The molecule has 0 aromatic carbocycles. The molecule has 0 amide bonds. The number of pyridine rings is 1. The lowest BCUT2D eigenvalue weighted by atomic mass is 9.87. The Kier molecular flexibility index (Phi) is 4.10. The number of aromatic nitrogens is 3. The molecule has 1 aliphatic carbocycles. The van der Waals surface area contributed by atoms with Crippen LogP contribution in [0.5, 0.6) is 0 Å². The fourth-order valence-electron chi connectivity index (χ4n) is 5.02. The van der Waals surface area contributed by atoms with Gasteiger partial charge in [-0.05, 0) is 31.1 Å². The second kappa shape index (κ2) is 6.16. The van der Waals surface area contributed by atoms with Crippen LogP contribution in [0.25, 0.3) is 10.9 Å². The van der Waals surface area contributed by atoms with Gasteiger partial charge in [0.2, 0.25) is 15.0 Å². The van der Waals surface area contributed by atoms with Crippen LogP contribution in [0.2, 0.25) is 5.15 Å². The summed E-state index contributed by atoms with van der Waals surface area (Å²) in [6, 6.07) is -0.532. The van der Waals surface area contributed by atoms with Gasteiger partial charge >= 0.3 is 0 Å². The maximum Gasteiger partial charge on any atom is 0.292 e. The highest BCUT2D eigenvalue weighted by Crippen LogP contribution is 2.52. The van der Waals surface area contributed by atoms with Crippen molar-refractivity contribution in [1.82, 2.24) is 15.0 Å². The van der Waals surface area contributed by atoms with E-state index in [4.69, 9.17) is 11.6 Å². The first-order valence-electron chi connectivity index (χ1n) is 9.57. The predicted molar refractivity (Wildman–Crippen MR) is 101 cm³/mol. The SMILES string of the molecule is CCS(=O)(=O)c1nc2c3c(nc(Cl)c(F)c3n1)C(F)(F)C[C@@H]1[C@@H]3CC[C@@H](C3)CN21. The fourth-order valence-corrected chi connectivity index (χ4v) is 5.91. The van der Waals surface area contributed by atoms with Crippen LogP contribution in [-0.2, 0) is 15.8 Å². The van der Waals surface area contributed by atoms with Gasteiger partial charge in [-0.2, -0.15) is 8.78 Å². The van der Waals surface area contributed by atoms with Crippen molar-refractivity contribution in [3.8, 4) is 0 Å². The van der Waals surface area contributed by atoms with E-state index < -0.39 is 55.6 Å². The molecule has 1 saturated heterocycles. The van der Waals surface area contributed by atoms with Crippen LogP contribution in [0.1, 0.15) is 38.3 Å². The average molecular weight is 447 g/mol. The van der Waals surface area contributed by atoms with Gasteiger partial charge in [-0.3, -0.25) is 0 Å². The zero-order valence-corrected chi connectivity index (χ0v) is 17.1. The van der Waals surface area contributed by atoms with E-state index in [1.54, 1.807) is 4.90 Å². The number of rotatable bonds is 2. The van der Waals surface area contributed by atoms with Crippen LogP contribution in [0.3, 0.4) is 0 Å². The molecule has 2 aromatic rings. The van der Waals surface area contributed by atoms with Gasteiger partial charge in [-0.25, -0.2) is 27.8 Å². The Morgan fingerprint density at radius 3 is 2.72 bits per heavy atom. The number of sulfone groups is 1. The lowest BCUT2D eigenvalue weighted by molar-refractivity contribution is -0.0282. The van der Waals surface area contributed by atoms with E-state index >= 15 is 8.78 Å². The molecule has 3 atom stereocenters. The van der Waals surface area contributed by atoms with Crippen molar-refractivity contribution in [2.45, 2.75) is 49.7 Å². The molecule has 0 spiro atoms. The first-order valence-corrected chi connectivity index (χ1v) is 11.6. The Bertz CT molecular complexity index is 1140. The summed E-state index contributed by atoms with van der Waals surface area (Å²) in [7, 11) is -3.90. The van der Waals surface area contributed by atoms with E-state index in [2.05, 4.69) is 15.0 Å². The van der Waals surface area contributed by atoms with Gasteiger partial charge in [-0.15, -0.1) is 0 Å². The number of fused-ring (bicyclic) bond motifs is 5. The second-order valence-corrected chi connectivity index (χ2v) is 10.6. The predicted octanol–water partition coefficient (Wildman–Crippen LogP) is 3.71. The summed E-state index contributed by atoms with van der Waals surface area (Å²) in [5.74, 6) is -4.39. The molecule has 2 aromatic heterocycles. The highest BCUT2D eigenvalue weighted by molar-refractivity contribution is 7.91. The minimum atomic E-state index is -3.90. The minimum Gasteiger partial charge on any atom is -0.352 e. The van der Waals surface area contributed by atoms with Crippen molar-refractivity contribution in [3.63, 3.8) is 0 Å². The highest BCUT2D eigenvalue weighted by Gasteiger charge is 2.51. The van der Waals surface area contributed by atoms with Gasteiger partial charge in [-0.1, -0.05) is 18.5 Å². The smallest absolute Gasteiger partial charge is 0.292 e. The first-order chi connectivity index (χ1) is 13.6. The normalized spacial score (nSPS) is 27.8. The quantitative estimate of drug-likeness (QED) is 0.517. The number of piperidine rings is 1. The Morgan fingerprint density at radius 2 is 2.00 bits per heavy atom. The lowest BCUT2D eigenvalue weighted by Gasteiger charge is -2.41. The summed E-state index contributed by atoms with van der Waals surface area (Å²) >= 11 is 5.80. The molecule has 2 bridgehead atoms. The number of hydrogen-bond acceptors (Lipinski definition) is 6. The van der Waals surface area contributed by atoms with Crippen LogP contribution in [0.4, 0.5) is 19.0 Å². The van der Waals surface area contributed by atoms with Crippen LogP contribution in [-0.4, -0.2) is 41.7 Å². The van der Waals surface area contributed by atoms with Crippen molar-refractivity contribution in [1.29, 1.82) is 0 Å². The Balaban J connectivity index is 1.89. The standard InChI is InChI=1S/C18H18ClF3N4O2S/c1-2-29(27,28)17-23-13-11-14(24-15(19)12(13)20)18(21,22)6-10-9-4-3-8(5-9)7-26(10)16(11)25-17/h8-10H,2-7H2,1H3/t8-,9+,10+/m0/s1. The molecule has 1 saturated carbocycles. The van der Waals surface area contributed by atoms with Gasteiger partial charge in [0, 0.05) is 19.0 Å². The lowest BCUT2D eigenvalue weighted by Crippen LogP contribution is -2.47. The van der Waals surface area contributed by atoms with Crippen LogP contribution in [0, 0.1) is 17.7 Å². The van der Waals surface area contributed by atoms with Crippen LogP contribution < -0.4 is 4.90 Å². The molecular weight excluding hydrogens is 429 g/mol. The molecule has 2 aliphatic heterocycles. The number of hydrogen-bond donors (Lipinski definition) is 0. The van der Waals surface area contributed by atoms with E-state index in [-0.39, 0.29) is 22.9 Å². The Morgan fingerprint density at radius 1 is 1.24 bits per heavy atom. The summed E-state index contributed by atoms with van der Waals surface area (Å²) in [4.78, 5) is 13.4. The summed E-state index contributed by atoms with van der Waals surface area (Å²) in [6.07, 6.45) is 2.11. The van der Waals surface area contributed by atoms with Gasteiger partial charge < -0.3 is 4.90 Å². The van der Waals surface area contributed by atoms with E-state index in [1.165, 1.54) is 6.92 Å². The van der Waals surface area contributed by atoms with Gasteiger partial charge in [0.15, 0.2) is 11.0 Å². The summed E-state index contributed by atoms with van der Waals surface area (Å²) in [6.45, 7) is 1.89. The summed E-state index contributed by atoms with van der Waals surface area (Å²) in [5.41, 5.74) is -1.20. The van der Waals surface area contributed by atoms with Gasteiger partial charge in [0.25, 0.3) is 5.92 Å². The van der Waals surface area contributed by atoms with E-state index in [0.717, 1.165) is 19.3 Å². The van der Waals surface area contributed by atoms with Crippen molar-refractivity contribution < 1.29 is 21.6 Å². The molecular formula is C18H18ClF3N4O2S.